The predicted molar refractivity (Wildman–Crippen MR) is 106 cm³/mol. The lowest BCUT2D eigenvalue weighted by Gasteiger charge is -2.31. The Morgan fingerprint density at radius 1 is 1.08 bits per heavy atom. The van der Waals surface area contributed by atoms with E-state index < -0.39 is 0 Å². The lowest BCUT2D eigenvalue weighted by Crippen LogP contribution is -2.36. The van der Waals surface area contributed by atoms with Crippen molar-refractivity contribution < 1.29 is 0 Å². The molecule has 3 aromatic rings. The predicted octanol–water partition coefficient (Wildman–Crippen LogP) is 3.65. The molecule has 1 saturated heterocycles. The zero-order chi connectivity index (χ0) is 18.1. The van der Waals surface area contributed by atoms with Gasteiger partial charge in [0.2, 0.25) is 0 Å². The van der Waals surface area contributed by atoms with Crippen LogP contribution in [-0.4, -0.2) is 30.6 Å². The molecule has 0 radical (unpaired) electrons. The van der Waals surface area contributed by atoms with E-state index in [1.165, 1.54) is 0 Å². The fourth-order valence-corrected chi connectivity index (χ4v) is 4.06. The van der Waals surface area contributed by atoms with Gasteiger partial charge in [0.05, 0.1) is 29.7 Å². The molecule has 0 aromatic carbocycles. The first-order valence-electron chi connectivity index (χ1n) is 8.74. The van der Waals surface area contributed by atoms with Gasteiger partial charge in [0, 0.05) is 30.3 Å². The van der Waals surface area contributed by atoms with Gasteiger partial charge >= 0.3 is 0 Å². The van der Waals surface area contributed by atoms with Crippen LogP contribution in [0.2, 0.25) is 0 Å². The molecule has 4 heterocycles. The maximum Gasteiger partial charge on any atom is 0.170 e. The third-order valence-corrected chi connectivity index (χ3v) is 5.03. The molecule has 3 aromatic heterocycles. The molecule has 2 atom stereocenters. The molecule has 0 saturated carbocycles. The fourth-order valence-electron chi connectivity index (χ4n) is 3.60. The van der Waals surface area contributed by atoms with Crippen molar-refractivity contribution in [2.75, 3.05) is 0 Å². The van der Waals surface area contributed by atoms with Gasteiger partial charge in [-0.15, -0.1) is 0 Å². The third kappa shape index (κ3) is 2.86. The van der Waals surface area contributed by atoms with Crippen LogP contribution in [0.1, 0.15) is 37.3 Å². The SMILES string of the molecule is CC(C)N1C(=S)NC(c2ccccn2)C1c1cccn1-c1cccnc1. The molecule has 1 aliphatic heterocycles. The molecular weight excluding hydrogens is 342 g/mol. The number of rotatable bonds is 4. The number of hydrogen-bond acceptors (Lipinski definition) is 3. The summed E-state index contributed by atoms with van der Waals surface area (Å²) >= 11 is 5.67. The van der Waals surface area contributed by atoms with E-state index in [-0.39, 0.29) is 18.1 Å². The zero-order valence-electron chi connectivity index (χ0n) is 14.8. The van der Waals surface area contributed by atoms with E-state index >= 15 is 0 Å². The van der Waals surface area contributed by atoms with Crippen LogP contribution >= 0.6 is 12.2 Å². The minimum absolute atomic E-state index is 0.00331. The van der Waals surface area contributed by atoms with Crippen molar-refractivity contribution in [2.45, 2.75) is 32.0 Å². The Balaban J connectivity index is 1.83. The molecule has 6 heteroatoms. The molecule has 2 unspecified atom stereocenters. The molecule has 4 rings (SSSR count). The highest BCUT2D eigenvalue weighted by atomic mass is 32.1. The molecule has 0 spiro atoms. The first-order chi connectivity index (χ1) is 12.7. The molecule has 0 bridgehead atoms. The summed E-state index contributed by atoms with van der Waals surface area (Å²) in [7, 11) is 0. The molecule has 1 N–H and O–H groups in total. The van der Waals surface area contributed by atoms with Crippen LogP contribution in [0.4, 0.5) is 0 Å². The van der Waals surface area contributed by atoms with Crippen molar-refractivity contribution in [3.8, 4) is 5.69 Å². The van der Waals surface area contributed by atoms with Gasteiger partial charge in [0.25, 0.3) is 0 Å². The molecular formula is C20H21N5S. The van der Waals surface area contributed by atoms with Gasteiger partial charge in [-0.3, -0.25) is 9.97 Å². The van der Waals surface area contributed by atoms with Crippen LogP contribution < -0.4 is 5.32 Å². The summed E-state index contributed by atoms with van der Waals surface area (Å²) in [6.07, 6.45) is 7.56. The second kappa shape index (κ2) is 6.88. The van der Waals surface area contributed by atoms with Crippen molar-refractivity contribution in [1.29, 1.82) is 0 Å². The summed E-state index contributed by atoms with van der Waals surface area (Å²) < 4.78 is 2.18. The first-order valence-corrected chi connectivity index (χ1v) is 9.15. The second-order valence-electron chi connectivity index (χ2n) is 6.64. The normalized spacial score (nSPS) is 19.8. The highest BCUT2D eigenvalue weighted by Crippen LogP contribution is 2.40. The Hall–Kier alpha value is -2.73. The van der Waals surface area contributed by atoms with E-state index in [1.807, 2.05) is 30.6 Å². The number of nitrogens with one attached hydrogen (secondary N) is 1. The van der Waals surface area contributed by atoms with Gasteiger partial charge in [0.1, 0.15) is 0 Å². The summed E-state index contributed by atoms with van der Waals surface area (Å²) in [5.74, 6) is 0. The number of hydrogen-bond donors (Lipinski definition) is 1. The van der Waals surface area contributed by atoms with Gasteiger partial charge in [-0.1, -0.05) is 6.07 Å². The molecule has 1 fully saturated rings. The summed E-state index contributed by atoms with van der Waals surface area (Å²) in [5, 5.41) is 4.25. The molecule has 1 aliphatic rings. The van der Waals surface area contributed by atoms with E-state index in [4.69, 9.17) is 12.2 Å². The van der Waals surface area contributed by atoms with Gasteiger partial charge in [0.15, 0.2) is 5.11 Å². The Kier molecular flexibility index (Phi) is 4.42. The van der Waals surface area contributed by atoms with Gasteiger partial charge in [-0.05, 0) is 62.5 Å². The Bertz CT molecular complexity index is 891. The Morgan fingerprint density at radius 3 is 2.65 bits per heavy atom. The summed E-state index contributed by atoms with van der Waals surface area (Å²) in [6.45, 7) is 4.33. The van der Waals surface area contributed by atoms with Crippen molar-refractivity contribution >= 4 is 17.3 Å². The number of pyridine rings is 2. The van der Waals surface area contributed by atoms with Crippen LogP contribution in [0.15, 0.2) is 67.3 Å². The minimum atomic E-state index is -0.00331. The average Bonchev–Trinajstić information content (AvgIpc) is 3.27. The van der Waals surface area contributed by atoms with Crippen molar-refractivity contribution in [3.05, 3.63) is 78.6 Å². The van der Waals surface area contributed by atoms with Crippen LogP contribution in [0.3, 0.4) is 0 Å². The minimum Gasteiger partial charge on any atom is -0.352 e. The topological polar surface area (TPSA) is 46.0 Å². The summed E-state index contributed by atoms with van der Waals surface area (Å²) in [5.41, 5.74) is 3.19. The largest absolute Gasteiger partial charge is 0.352 e. The van der Waals surface area contributed by atoms with E-state index in [2.05, 4.69) is 69.1 Å². The van der Waals surface area contributed by atoms with Gasteiger partial charge < -0.3 is 14.8 Å². The molecule has 132 valence electrons. The lowest BCUT2D eigenvalue weighted by atomic mass is 10.0. The highest BCUT2D eigenvalue weighted by Gasteiger charge is 2.42. The number of nitrogens with zero attached hydrogens (tertiary/aromatic N) is 4. The van der Waals surface area contributed by atoms with Crippen LogP contribution in [0, 0.1) is 0 Å². The second-order valence-corrected chi connectivity index (χ2v) is 7.03. The van der Waals surface area contributed by atoms with Crippen LogP contribution in [0.5, 0.6) is 0 Å². The van der Waals surface area contributed by atoms with Gasteiger partial charge in [-0.25, -0.2) is 0 Å². The quantitative estimate of drug-likeness (QED) is 0.717. The zero-order valence-corrected chi connectivity index (χ0v) is 15.6. The Labute approximate surface area is 158 Å². The molecule has 0 aliphatic carbocycles. The van der Waals surface area contributed by atoms with Crippen LogP contribution in [-0.2, 0) is 0 Å². The highest BCUT2D eigenvalue weighted by molar-refractivity contribution is 7.80. The van der Waals surface area contributed by atoms with E-state index in [0.29, 0.717) is 0 Å². The van der Waals surface area contributed by atoms with Crippen molar-refractivity contribution in [1.82, 2.24) is 24.8 Å². The molecule has 0 amide bonds. The maximum atomic E-state index is 5.67. The lowest BCUT2D eigenvalue weighted by molar-refractivity contribution is 0.262. The number of aromatic nitrogens is 3. The van der Waals surface area contributed by atoms with E-state index in [9.17, 15) is 0 Å². The van der Waals surface area contributed by atoms with Crippen molar-refractivity contribution in [3.63, 3.8) is 0 Å². The molecule has 5 nitrogen and oxygen atoms in total. The molecule has 26 heavy (non-hydrogen) atoms. The average molecular weight is 363 g/mol. The van der Waals surface area contributed by atoms with Gasteiger partial charge in [-0.2, -0.15) is 0 Å². The Morgan fingerprint density at radius 2 is 1.96 bits per heavy atom. The standard InChI is InChI=1S/C20H21N5S/c1-14(2)25-19(18(23-20(25)26)16-8-3-4-11-22-16)17-9-6-12-24(17)15-7-5-10-21-13-15/h3-14,18-19H,1-2H3,(H,23,26). The van der Waals surface area contributed by atoms with E-state index in [1.54, 1.807) is 6.20 Å². The van der Waals surface area contributed by atoms with Crippen LogP contribution in [0.25, 0.3) is 5.69 Å². The first kappa shape index (κ1) is 16.7. The third-order valence-electron chi connectivity index (χ3n) is 4.70. The summed E-state index contributed by atoms with van der Waals surface area (Å²) in [4.78, 5) is 11.1. The maximum absolute atomic E-state index is 5.67. The summed E-state index contributed by atoms with van der Waals surface area (Å²) in [6, 6.07) is 14.5. The number of thiocarbonyl (C=S) groups is 1. The fraction of sp³-hybridized carbons (Fsp3) is 0.250. The monoisotopic (exact) mass is 363 g/mol. The smallest absolute Gasteiger partial charge is 0.170 e. The van der Waals surface area contributed by atoms with E-state index in [0.717, 1.165) is 22.2 Å². The van der Waals surface area contributed by atoms with Crippen molar-refractivity contribution in [2.24, 2.45) is 0 Å².